The smallest absolute Gasteiger partial charge is 0.239 e. The molecule has 3 nitrogen and oxygen atoms in total. The monoisotopic (exact) mass is 318 g/mol. The van der Waals surface area contributed by atoms with Crippen molar-refractivity contribution in [3.8, 4) is 11.6 Å². The van der Waals surface area contributed by atoms with Crippen molar-refractivity contribution >= 4 is 39.1 Å². The fourth-order valence-electron chi connectivity index (χ4n) is 1.03. The van der Waals surface area contributed by atoms with E-state index >= 15 is 0 Å². The second-order valence-electron chi connectivity index (χ2n) is 2.87. The molecule has 0 spiro atoms. The minimum absolute atomic E-state index is 0.313. The van der Waals surface area contributed by atoms with E-state index in [0.29, 0.717) is 21.8 Å². The van der Waals surface area contributed by atoms with Crippen LogP contribution in [0.3, 0.4) is 0 Å². The Hall–Kier alpha value is -0.840. The van der Waals surface area contributed by atoms with Gasteiger partial charge in [-0.15, -0.1) is 10.2 Å². The number of hydrogen-bond acceptors (Lipinski definition) is 3. The van der Waals surface area contributed by atoms with Gasteiger partial charge < -0.3 is 4.74 Å². The second-order valence-corrected chi connectivity index (χ2v) is 4.58. The Morgan fingerprint density at radius 3 is 2.56 bits per heavy atom. The number of rotatable bonds is 2. The number of benzene rings is 1. The Morgan fingerprint density at radius 2 is 1.88 bits per heavy atom. The highest BCUT2D eigenvalue weighted by Crippen LogP contribution is 2.31. The number of nitrogens with zero attached hydrogens (tertiary/aromatic N) is 2. The van der Waals surface area contributed by atoms with Crippen LogP contribution < -0.4 is 4.74 Å². The molecule has 0 aliphatic carbocycles. The fraction of sp³-hybridized carbons (Fsp3) is 0. The van der Waals surface area contributed by atoms with E-state index in [9.17, 15) is 0 Å². The molecule has 0 aliphatic heterocycles. The van der Waals surface area contributed by atoms with E-state index in [1.165, 1.54) is 0 Å². The van der Waals surface area contributed by atoms with Gasteiger partial charge in [0.2, 0.25) is 5.88 Å². The Labute approximate surface area is 110 Å². The SMILES string of the molecule is Clc1ccc(Oc2cc(Br)ccc2Cl)nn1. The highest BCUT2D eigenvalue weighted by molar-refractivity contribution is 9.10. The maximum Gasteiger partial charge on any atom is 0.239 e. The molecule has 6 heteroatoms. The second kappa shape index (κ2) is 4.99. The van der Waals surface area contributed by atoms with E-state index in [0.717, 1.165) is 4.47 Å². The molecule has 82 valence electrons. The van der Waals surface area contributed by atoms with Crippen LogP contribution in [0.4, 0.5) is 0 Å². The predicted molar refractivity (Wildman–Crippen MR) is 66.3 cm³/mol. The van der Waals surface area contributed by atoms with Crippen LogP contribution in [0.15, 0.2) is 34.8 Å². The van der Waals surface area contributed by atoms with Gasteiger partial charge in [0.15, 0.2) is 5.15 Å². The Kier molecular flexibility index (Phi) is 3.63. The first kappa shape index (κ1) is 11.6. The summed E-state index contributed by atoms with van der Waals surface area (Å²) in [7, 11) is 0. The molecular formula is C10H5BrCl2N2O. The van der Waals surface area contributed by atoms with E-state index < -0.39 is 0 Å². The van der Waals surface area contributed by atoms with Gasteiger partial charge in [-0.1, -0.05) is 39.1 Å². The summed E-state index contributed by atoms with van der Waals surface area (Å²) >= 11 is 14.9. The number of aromatic nitrogens is 2. The van der Waals surface area contributed by atoms with Crippen molar-refractivity contribution < 1.29 is 4.74 Å². The largest absolute Gasteiger partial charge is 0.436 e. The van der Waals surface area contributed by atoms with Crippen molar-refractivity contribution in [1.82, 2.24) is 10.2 Å². The average Bonchev–Trinajstić information content (AvgIpc) is 2.27. The van der Waals surface area contributed by atoms with Crippen molar-refractivity contribution in [3.63, 3.8) is 0 Å². The number of ether oxygens (including phenoxy) is 1. The summed E-state index contributed by atoms with van der Waals surface area (Å²) < 4.78 is 6.32. The lowest BCUT2D eigenvalue weighted by atomic mass is 10.3. The van der Waals surface area contributed by atoms with Gasteiger partial charge in [0.25, 0.3) is 0 Å². The van der Waals surface area contributed by atoms with Crippen LogP contribution in [0.5, 0.6) is 11.6 Å². The Morgan fingerprint density at radius 1 is 1.06 bits per heavy atom. The van der Waals surface area contributed by atoms with Gasteiger partial charge in [-0.2, -0.15) is 0 Å². The normalized spacial score (nSPS) is 10.2. The molecule has 0 saturated carbocycles. The molecule has 0 bridgehead atoms. The first-order valence-corrected chi connectivity index (χ1v) is 5.82. The zero-order valence-electron chi connectivity index (χ0n) is 7.82. The van der Waals surface area contributed by atoms with Crippen LogP contribution in [0.2, 0.25) is 10.2 Å². The van der Waals surface area contributed by atoms with Crippen LogP contribution in [0.1, 0.15) is 0 Å². The zero-order chi connectivity index (χ0) is 11.5. The Bertz CT molecular complexity index is 505. The average molecular weight is 320 g/mol. The quantitative estimate of drug-likeness (QED) is 0.826. The molecule has 16 heavy (non-hydrogen) atoms. The molecule has 0 aliphatic rings. The highest BCUT2D eigenvalue weighted by atomic mass is 79.9. The van der Waals surface area contributed by atoms with Gasteiger partial charge in [-0.25, -0.2) is 0 Å². The van der Waals surface area contributed by atoms with Crippen molar-refractivity contribution in [1.29, 1.82) is 0 Å². The molecule has 2 aromatic rings. The van der Waals surface area contributed by atoms with Crippen LogP contribution in [-0.4, -0.2) is 10.2 Å². The molecule has 1 heterocycles. The molecule has 0 unspecified atom stereocenters. The zero-order valence-corrected chi connectivity index (χ0v) is 10.9. The number of hydrogen-bond donors (Lipinski definition) is 0. The van der Waals surface area contributed by atoms with E-state index in [-0.39, 0.29) is 0 Å². The van der Waals surface area contributed by atoms with E-state index in [4.69, 9.17) is 27.9 Å². The molecule has 0 radical (unpaired) electrons. The van der Waals surface area contributed by atoms with Crippen LogP contribution >= 0.6 is 39.1 Å². The summed E-state index contributed by atoms with van der Waals surface area (Å²) in [6.07, 6.45) is 0. The minimum atomic E-state index is 0.313. The summed E-state index contributed by atoms with van der Waals surface area (Å²) in [6.45, 7) is 0. The molecule has 0 amide bonds. The van der Waals surface area contributed by atoms with Crippen molar-refractivity contribution in [2.24, 2.45) is 0 Å². The van der Waals surface area contributed by atoms with Gasteiger partial charge in [0.05, 0.1) is 5.02 Å². The standard InChI is InChI=1S/C10H5BrCl2N2O/c11-6-1-2-7(12)8(5-6)16-10-4-3-9(13)14-15-10/h1-5H. The van der Waals surface area contributed by atoms with E-state index in [1.54, 1.807) is 24.3 Å². The number of halogens is 3. The maximum atomic E-state index is 5.96. The van der Waals surface area contributed by atoms with E-state index in [1.807, 2.05) is 6.07 Å². The molecule has 0 fully saturated rings. The van der Waals surface area contributed by atoms with Gasteiger partial charge >= 0.3 is 0 Å². The highest BCUT2D eigenvalue weighted by Gasteiger charge is 2.05. The topological polar surface area (TPSA) is 35.0 Å². The van der Waals surface area contributed by atoms with Crippen LogP contribution in [-0.2, 0) is 0 Å². The van der Waals surface area contributed by atoms with Gasteiger partial charge in [0, 0.05) is 10.5 Å². The van der Waals surface area contributed by atoms with Crippen molar-refractivity contribution in [3.05, 3.63) is 45.0 Å². The summed E-state index contributed by atoms with van der Waals surface area (Å²) in [5, 5.41) is 8.24. The summed E-state index contributed by atoms with van der Waals surface area (Å²) in [6, 6.07) is 8.51. The van der Waals surface area contributed by atoms with E-state index in [2.05, 4.69) is 26.1 Å². The lowest BCUT2D eigenvalue weighted by molar-refractivity contribution is 0.455. The third kappa shape index (κ3) is 2.84. The van der Waals surface area contributed by atoms with Crippen LogP contribution in [0, 0.1) is 0 Å². The molecular weight excluding hydrogens is 315 g/mol. The van der Waals surface area contributed by atoms with Gasteiger partial charge in [0.1, 0.15) is 5.75 Å². The van der Waals surface area contributed by atoms with Gasteiger partial charge in [-0.05, 0) is 24.3 Å². The van der Waals surface area contributed by atoms with Crippen molar-refractivity contribution in [2.75, 3.05) is 0 Å². The summed E-state index contributed by atoms with van der Waals surface area (Å²) in [5.41, 5.74) is 0. The lowest BCUT2D eigenvalue weighted by Gasteiger charge is -2.06. The fourth-order valence-corrected chi connectivity index (χ4v) is 1.62. The summed E-state index contributed by atoms with van der Waals surface area (Å²) in [5.74, 6) is 0.845. The van der Waals surface area contributed by atoms with Crippen molar-refractivity contribution in [2.45, 2.75) is 0 Å². The third-order valence-corrected chi connectivity index (χ3v) is 2.72. The molecule has 2 rings (SSSR count). The first-order valence-electron chi connectivity index (χ1n) is 4.27. The predicted octanol–water partition coefficient (Wildman–Crippen LogP) is 4.34. The summed E-state index contributed by atoms with van der Waals surface area (Å²) in [4.78, 5) is 0. The Balaban J connectivity index is 2.26. The minimum Gasteiger partial charge on any atom is -0.436 e. The first-order chi connectivity index (χ1) is 7.65. The lowest BCUT2D eigenvalue weighted by Crippen LogP contribution is -1.90. The molecule has 0 N–H and O–H groups in total. The molecule has 1 aromatic heterocycles. The van der Waals surface area contributed by atoms with Gasteiger partial charge in [-0.3, -0.25) is 0 Å². The molecule has 0 atom stereocenters. The molecule has 1 aromatic carbocycles. The molecule has 0 saturated heterocycles. The third-order valence-electron chi connectivity index (χ3n) is 1.72. The van der Waals surface area contributed by atoms with Crippen LogP contribution in [0.25, 0.3) is 0 Å². The maximum absolute atomic E-state index is 5.96.